The van der Waals surface area contributed by atoms with Gasteiger partial charge in [0.25, 0.3) is 5.91 Å². The fraction of sp³-hybridized carbons (Fsp3) is 0.900. The fourth-order valence-corrected chi connectivity index (χ4v) is 1.27. The lowest BCUT2D eigenvalue weighted by Gasteiger charge is -2.26. The maximum absolute atomic E-state index is 11.4. The van der Waals surface area contributed by atoms with Crippen LogP contribution in [0, 0.1) is 5.92 Å². The minimum Gasteiger partial charge on any atom is -0.383 e. The van der Waals surface area contributed by atoms with Crippen LogP contribution in [-0.4, -0.2) is 44.2 Å². The number of hydrogen-bond donors (Lipinski definition) is 2. The second kappa shape index (κ2) is 7.62. The number of methoxy groups -OCH3 is 1. The molecule has 0 aliphatic carbocycles. The van der Waals surface area contributed by atoms with Gasteiger partial charge in [-0.25, -0.2) is 5.84 Å². The molecule has 90 valence electrons. The summed E-state index contributed by atoms with van der Waals surface area (Å²) in [5, 5.41) is 0. The number of nitrogens with one attached hydrogen (secondary N) is 1. The van der Waals surface area contributed by atoms with Gasteiger partial charge >= 0.3 is 0 Å². The van der Waals surface area contributed by atoms with Crippen LogP contribution in [0.2, 0.25) is 0 Å². The molecule has 0 rings (SSSR count). The quantitative estimate of drug-likeness (QED) is 0.357. The largest absolute Gasteiger partial charge is 0.383 e. The van der Waals surface area contributed by atoms with Gasteiger partial charge in [0.1, 0.15) is 6.04 Å². The summed E-state index contributed by atoms with van der Waals surface area (Å²) in [6.45, 7) is 5.53. The molecule has 0 radical (unpaired) electrons. The van der Waals surface area contributed by atoms with E-state index in [4.69, 9.17) is 10.6 Å². The van der Waals surface area contributed by atoms with Crippen molar-refractivity contribution < 1.29 is 9.53 Å². The zero-order valence-corrected chi connectivity index (χ0v) is 10.1. The number of carbonyl (C=O) groups excluding carboxylic acids is 1. The molecule has 0 fully saturated rings. The lowest BCUT2D eigenvalue weighted by molar-refractivity contribution is -0.127. The van der Waals surface area contributed by atoms with Crippen molar-refractivity contribution in [3.8, 4) is 0 Å². The summed E-state index contributed by atoms with van der Waals surface area (Å²) in [5.74, 6) is 5.53. The number of carbonyl (C=O) groups is 1. The molecule has 1 atom stereocenters. The topological polar surface area (TPSA) is 67.6 Å². The highest BCUT2D eigenvalue weighted by molar-refractivity contribution is 5.81. The number of ether oxygens (including phenoxy) is 1. The average Bonchev–Trinajstić information content (AvgIpc) is 2.21. The van der Waals surface area contributed by atoms with Crippen molar-refractivity contribution in [1.82, 2.24) is 10.3 Å². The zero-order valence-electron chi connectivity index (χ0n) is 10.1. The lowest BCUT2D eigenvalue weighted by atomic mass is 10.1. The van der Waals surface area contributed by atoms with E-state index in [1.807, 2.05) is 11.9 Å². The Labute approximate surface area is 91.9 Å². The third-order valence-electron chi connectivity index (χ3n) is 2.36. The molecule has 0 aliphatic heterocycles. The second-order valence-corrected chi connectivity index (χ2v) is 4.14. The van der Waals surface area contributed by atoms with Crippen LogP contribution >= 0.6 is 0 Å². The first kappa shape index (κ1) is 14.3. The number of hydrogen-bond acceptors (Lipinski definition) is 4. The average molecular weight is 217 g/mol. The first-order chi connectivity index (χ1) is 7.02. The van der Waals surface area contributed by atoms with E-state index in [2.05, 4.69) is 19.3 Å². The van der Waals surface area contributed by atoms with Crippen molar-refractivity contribution >= 4 is 5.91 Å². The fourth-order valence-electron chi connectivity index (χ4n) is 1.27. The van der Waals surface area contributed by atoms with E-state index in [0.29, 0.717) is 12.5 Å². The van der Waals surface area contributed by atoms with Crippen LogP contribution in [0.4, 0.5) is 0 Å². The molecular weight excluding hydrogens is 194 g/mol. The van der Waals surface area contributed by atoms with E-state index < -0.39 is 0 Å². The number of amides is 1. The summed E-state index contributed by atoms with van der Waals surface area (Å²) >= 11 is 0. The zero-order chi connectivity index (χ0) is 11.8. The van der Waals surface area contributed by atoms with Crippen LogP contribution in [0.1, 0.15) is 20.3 Å². The summed E-state index contributed by atoms with van der Waals surface area (Å²) in [7, 11) is 3.48. The first-order valence-corrected chi connectivity index (χ1v) is 5.22. The van der Waals surface area contributed by atoms with Gasteiger partial charge in [-0.05, 0) is 25.9 Å². The maximum atomic E-state index is 11.4. The standard InChI is InChI=1S/C10H23N3O2/c1-8(2)5-6-13(3)9(7-15-4)10(14)12-11/h8-9H,5-7,11H2,1-4H3,(H,12,14). The van der Waals surface area contributed by atoms with Crippen LogP contribution in [-0.2, 0) is 9.53 Å². The number of nitrogens with two attached hydrogens (primary N) is 1. The Morgan fingerprint density at radius 3 is 2.53 bits per heavy atom. The molecule has 15 heavy (non-hydrogen) atoms. The Morgan fingerprint density at radius 1 is 1.53 bits per heavy atom. The van der Waals surface area contributed by atoms with E-state index >= 15 is 0 Å². The molecule has 1 unspecified atom stereocenters. The molecule has 1 amide bonds. The Morgan fingerprint density at radius 2 is 2.13 bits per heavy atom. The molecule has 5 nitrogen and oxygen atoms in total. The van der Waals surface area contributed by atoms with Crippen molar-refractivity contribution in [2.75, 3.05) is 27.3 Å². The van der Waals surface area contributed by atoms with Crippen molar-refractivity contribution in [1.29, 1.82) is 0 Å². The molecule has 5 heteroatoms. The van der Waals surface area contributed by atoms with Crippen LogP contribution in [0.5, 0.6) is 0 Å². The van der Waals surface area contributed by atoms with Gasteiger partial charge in [-0.3, -0.25) is 15.1 Å². The lowest BCUT2D eigenvalue weighted by Crippen LogP contribution is -2.50. The van der Waals surface area contributed by atoms with Crippen molar-refractivity contribution in [2.45, 2.75) is 26.3 Å². The molecule has 0 saturated carbocycles. The van der Waals surface area contributed by atoms with E-state index in [1.54, 1.807) is 7.11 Å². The third-order valence-corrected chi connectivity index (χ3v) is 2.36. The Balaban J connectivity index is 4.15. The second-order valence-electron chi connectivity index (χ2n) is 4.14. The highest BCUT2D eigenvalue weighted by atomic mass is 16.5. The first-order valence-electron chi connectivity index (χ1n) is 5.22. The molecule has 0 aromatic carbocycles. The van der Waals surface area contributed by atoms with E-state index in [-0.39, 0.29) is 11.9 Å². The van der Waals surface area contributed by atoms with Gasteiger partial charge in [0.15, 0.2) is 0 Å². The van der Waals surface area contributed by atoms with Gasteiger partial charge in [-0.15, -0.1) is 0 Å². The van der Waals surface area contributed by atoms with Gasteiger partial charge in [0, 0.05) is 7.11 Å². The SMILES string of the molecule is COCC(C(=O)NN)N(C)CCC(C)C. The minimum atomic E-state index is -0.307. The normalized spacial score (nSPS) is 13.3. The molecule has 3 N–H and O–H groups in total. The molecule has 0 aromatic heterocycles. The van der Waals surface area contributed by atoms with Crippen molar-refractivity contribution in [3.63, 3.8) is 0 Å². The smallest absolute Gasteiger partial charge is 0.253 e. The molecule has 0 spiro atoms. The van der Waals surface area contributed by atoms with Crippen molar-refractivity contribution in [2.24, 2.45) is 11.8 Å². The Bertz CT molecular complexity index is 186. The summed E-state index contributed by atoms with van der Waals surface area (Å²) in [5.41, 5.74) is 2.16. The van der Waals surface area contributed by atoms with Crippen LogP contribution < -0.4 is 11.3 Å². The third kappa shape index (κ3) is 5.71. The predicted octanol–water partition coefficient (Wildman–Crippen LogP) is -0.0308. The Kier molecular flexibility index (Phi) is 7.29. The van der Waals surface area contributed by atoms with Gasteiger partial charge in [0.2, 0.25) is 0 Å². The molecule has 0 saturated heterocycles. The number of likely N-dealkylation sites (N-methyl/N-ethyl adjacent to an activating group) is 1. The summed E-state index contributed by atoms with van der Waals surface area (Å²) in [6.07, 6.45) is 1.05. The number of nitrogens with zero attached hydrogens (tertiary/aromatic N) is 1. The molecule has 0 bridgehead atoms. The summed E-state index contributed by atoms with van der Waals surface area (Å²) in [4.78, 5) is 13.4. The van der Waals surface area contributed by atoms with Gasteiger partial charge in [-0.1, -0.05) is 13.8 Å². The van der Waals surface area contributed by atoms with E-state index in [1.165, 1.54) is 0 Å². The molecule has 0 aliphatic rings. The molecular formula is C10H23N3O2. The predicted molar refractivity (Wildman–Crippen MR) is 60.1 cm³/mol. The summed E-state index contributed by atoms with van der Waals surface area (Å²) in [6, 6.07) is -0.307. The Hall–Kier alpha value is -0.650. The molecule has 0 heterocycles. The monoisotopic (exact) mass is 217 g/mol. The summed E-state index contributed by atoms with van der Waals surface area (Å²) < 4.78 is 5.00. The minimum absolute atomic E-state index is 0.205. The van der Waals surface area contributed by atoms with Crippen molar-refractivity contribution in [3.05, 3.63) is 0 Å². The van der Waals surface area contributed by atoms with Gasteiger partial charge in [0.05, 0.1) is 6.61 Å². The van der Waals surface area contributed by atoms with Gasteiger partial charge in [-0.2, -0.15) is 0 Å². The van der Waals surface area contributed by atoms with E-state index in [9.17, 15) is 4.79 Å². The van der Waals surface area contributed by atoms with Crippen LogP contribution in [0.15, 0.2) is 0 Å². The number of rotatable bonds is 7. The highest BCUT2D eigenvalue weighted by Gasteiger charge is 2.22. The van der Waals surface area contributed by atoms with Crippen LogP contribution in [0.25, 0.3) is 0 Å². The van der Waals surface area contributed by atoms with Crippen LogP contribution in [0.3, 0.4) is 0 Å². The maximum Gasteiger partial charge on any atom is 0.253 e. The number of hydrazine groups is 1. The van der Waals surface area contributed by atoms with Gasteiger partial charge < -0.3 is 4.74 Å². The van der Waals surface area contributed by atoms with E-state index in [0.717, 1.165) is 13.0 Å². The highest BCUT2D eigenvalue weighted by Crippen LogP contribution is 2.04. The molecule has 0 aromatic rings.